The number of thioether (sulfide) groups is 1. The van der Waals surface area contributed by atoms with Gasteiger partial charge >= 0.3 is 0 Å². The van der Waals surface area contributed by atoms with Gasteiger partial charge in [0.05, 0.1) is 11.3 Å². The van der Waals surface area contributed by atoms with Crippen LogP contribution in [0.4, 0.5) is 4.39 Å². The molecule has 0 saturated carbocycles. The molecule has 1 aromatic heterocycles. The average molecular weight is 318 g/mol. The molecule has 114 valence electrons. The van der Waals surface area contributed by atoms with Gasteiger partial charge in [0.25, 0.3) is 0 Å². The van der Waals surface area contributed by atoms with Crippen molar-refractivity contribution in [2.24, 2.45) is 0 Å². The van der Waals surface area contributed by atoms with Gasteiger partial charge in [0, 0.05) is 6.54 Å². The molecule has 0 unspecified atom stereocenters. The highest BCUT2D eigenvalue weighted by molar-refractivity contribution is 8.00. The Morgan fingerprint density at radius 1 is 1.45 bits per heavy atom. The number of hydrogen-bond acceptors (Lipinski definition) is 5. The first-order chi connectivity index (χ1) is 10.6. The fourth-order valence-corrected chi connectivity index (χ4v) is 2.45. The molecule has 0 bridgehead atoms. The fourth-order valence-electron chi connectivity index (χ4n) is 1.69. The predicted molar refractivity (Wildman–Crippen MR) is 81.9 cm³/mol. The van der Waals surface area contributed by atoms with Gasteiger partial charge in [-0.2, -0.15) is 5.26 Å². The summed E-state index contributed by atoms with van der Waals surface area (Å²) in [5, 5.41) is 17.5. The summed E-state index contributed by atoms with van der Waals surface area (Å²) in [6, 6.07) is 7.92. The number of nitriles is 1. The number of halogens is 1. The third kappa shape index (κ3) is 4.09. The van der Waals surface area contributed by atoms with Gasteiger partial charge in [-0.3, -0.25) is 4.57 Å². The normalized spacial score (nSPS) is 11.7. The molecule has 0 saturated heterocycles. The SMILES string of the molecule is C=CCn1c(COc2ccc(F)cc2)nnc1S[C@H](C)C#N. The Morgan fingerprint density at radius 3 is 2.82 bits per heavy atom. The number of hydrogen-bond donors (Lipinski definition) is 0. The van der Waals surface area contributed by atoms with E-state index in [0.717, 1.165) is 0 Å². The summed E-state index contributed by atoms with van der Waals surface area (Å²) in [4.78, 5) is 0. The van der Waals surface area contributed by atoms with Gasteiger partial charge in [-0.05, 0) is 31.2 Å². The van der Waals surface area contributed by atoms with E-state index in [1.807, 2.05) is 4.57 Å². The Hall–Kier alpha value is -2.33. The van der Waals surface area contributed by atoms with E-state index in [0.29, 0.717) is 23.3 Å². The number of aromatic nitrogens is 3. The van der Waals surface area contributed by atoms with E-state index >= 15 is 0 Å². The molecule has 0 aliphatic heterocycles. The smallest absolute Gasteiger partial charge is 0.192 e. The van der Waals surface area contributed by atoms with Crippen LogP contribution in [-0.4, -0.2) is 20.0 Å². The van der Waals surface area contributed by atoms with Crippen molar-refractivity contribution in [1.29, 1.82) is 5.26 Å². The second-order valence-electron chi connectivity index (χ2n) is 4.43. The van der Waals surface area contributed by atoms with Crippen molar-refractivity contribution < 1.29 is 9.13 Å². The molecule has 2 aromatic rings. The van der Waals surface area contributed by atoms with E-state index in [1.54, 1.807) is 25.1 Å². The second kappa shape index (κ2) is 7.61. The first-order valence-corrected chi connectivity index (χ1v) is 7.49. The third-order valence-electron chi connectivity index (χ3n) is 2.75. The molecule has 0 fully saturated rings. The Balaban J connectivity index is 2.11. The van der Waals surface area contributed by atoms with E-state index in [-0.39, 0.29) is 17.7 Å². The van der Waals surface area contributed by atoms with Gasteiger partial charge in [-0.1, -0.05) is 17.8 Å². The highest BCUT2D eigenvalue weighted by Gasteiger charge is 2.15. The molecule has 5 nitrogen and oxygen atoms in total. The van der Waals surface area contributed by atoms with Gasteiger partial charge in [-0.15, -0.1) is 16.8 Å². The van der Waals surface area contributed by atoms with E-state index in [1.165, 1.54) is 23.9 Å². The molecule has 1 aromatic carbocycles. The zero-order valence-corrected chi connectivity index (χ0v) is 12.9. The van der Waals surface area contributed by atoms with Crippen LogP contribution in [0.1, 0.15) is 12.7 Å². The summed E-state index contributed by atoms with van der Waals surface area (Å²) in [6.07, 6.45) is 1.73. The van der Waals surface area contributed by atoms with Crippen LogP contribution in [0.15, 0.2) is 42.1 Å². The summed E-state index contributed by atoms with van der Waals surface area (Å²) in [5.74, 6) is 0.859. The molecule has 0 radical (unpaired) electrons. The Labute approximate surface area is 132 Å². The summed E-state index contributed by atoms with van der Waals surface area (Å²) in [7, 11) is 0. The van der Waals surface area contributed by atoms with E-state index in [4.69, 9.17) is 10.00 Å². The van der Waals surface area contributed by atoms with Crippen LogP contribution < -0.4 is 4.74 Å². The number of rotatable bonds is 7. The van der Waals surface area contributed by atoms with E-state index in [9.17, 15) is 4.39 Å². The van der Waals surface area contributed by atoms with Gasteiger partial charge in [0.1, 0.15) is 18.2 Å². The number of nitrogens with zero attached hydrogens (tertiary/aromatic N) is 4. The van der Waals surface area contributed by atoms with Crippen molar-refractivity contribution in [3.05, 3.63) is 48.6 Å². The molecule has 0 aliphatic carbocycles. The van der Waals surface area contributed by atoms with E-state index < -0.39 is 0 Å². The lowest BCUT2D eigenvalue weighted by Gasteiger charge is -2.09. The molecule has 22 heavy (non-hydrogen) atoms. The molecule has 7 heteroatoms. The molecule has 2 rings (SSSR count). The predicted octanol–water partition coefficient (Wildman–Crippen LogP) is 3.19. The zero-order chi connectivity index (χ0) is 15.9. The molecular weight excluding hydrogens is 303 g/mol. The minimum atomic E-state index is -0.314. The summed E-state index contributed by atoms with van der Waals surface area (Å²) in [6.45, 7) is 6.24. The van der Waals surface area contributed by atoms with Crippen LogP contribution in [0, 0.1) is 17.1 Å². The number of benzene rings is 1. The topological polar surface area (TPSA) is 63.7 Å². The van der Waals surface area contributed by atoms with Crippen molar-refractivity contribution in [2.75, 3.05) is 0 Å². The number of ether oxygens (including phenoxy) is 1. The van der Waals surface area contributed by atoms with Crippen molar-refractivity contribution in [2.45, 2.75) is 30.5 Å². The highest BCUT2D eigenvalue weighted by atomic mass is 32.2. The maximum Gasteiger partial charge on any atom is 0.192 e. The highest BCUT2D eigenvalue weighted by Crippen LogP contribution is 2.22. The van der Waals surface area contributed by atoms with Crippen molar-refractivity contribution >= 4 is 11.8 Å². The van der Waals surface area contributed by atoms with Gasteiger partial charge in [0.15, 0.2) is 11.0 Å². The van der Waals surface area contributed by atoms with Crippen molar-refractivity contribution in [3.8, 4) is 11.8 Å². The molecule has 0 aliphatic rings. The number of allylic oxidation sites excluding steroid dienone is 1. The molecule has 1 atom stereocenters. The largest absolute Gasteiger partial charge is 0.486 e. The minimum absolute atomic E-state index is 0.202. The van der Waals surface area contributed by atoms with Crippen LogP contribution in [0.3, 0.4) is 0 Å². The lowest BCUT2D eigenvalue weighted by molar-refractivity contribution is 0.288. The lowest BCUT2D eigenvalue weighted by Crippen LogP contribution is -2.08. The van der Waals surface area contributed by atoms with Crippen LogP contribution in [0.2, 0.25) is 0 Å². The Morgan fingerprint density at radius 2 is 2.18 bits per heavy atom. The Kier molecular flexibility index (Phi) is 5.55. The van der Waals surface area contributed by atoms with Gasteiger partial charge < -0.3 is 4.74 Å². The van der Waals surface area contributed by atoms with Gasteiger partial charge in [0.2, 0.25) is 0 Å². The van der Waals surface area contributed by atoms with Gasteiger partial charge in [-0.25, -0.2) is 4.39 Å². The molecule has 0 spiro atoms. The van der Waals surface area contributed by atoms with Crippen LogP contribution >= 0.6 is 11.8 Å². The summed E-state index contributed by atoms with van der Waals surface area (Å²) in [5.41, 5.74) is 0. The molecule has 1 heterocycles. The molecule has 0 amide bonds. The monoisotopic (exact) mass is 318 g/mol. The minimum Gasteiger partial charge on any atom is -0.486 e. The summed E-state index contributed by atoms with van der Waals surface area (Å²) < 4.78 is 20.3. The van der Waals surface area contributed by atoms with Crippen molar-refractivity contribution in [1.82, 2.24) is 14.8 Å². The first-order valence-electron chi connectivity index (χ1n) is 6.61. The summed E-state index contributed by atoms with van der Waals surface area (Å²) >= 11 is 1.33. The first kappa shape index (κ1) is 16.0. The van der Waals surface area contributed by atoms with Crippen molar-refractivity contribution in [3.63, 3.8) is 0 Å². The molecule has 0 N–H and O–H groups in total. The Bertz CT molecular complexity index is 678. The zero-order valence-electron chi connectivity index (χ0n) is 12.1. The maximum atomic E-state index is 12.9. The maximum absolute atomic E-state index is 12.9. The van der Waals surface area contributed by atoms with E-state index in [2.05, 4.69) is 22.8 Å². The second-order valence-corrected chi connectivity index (χ2v) is 5.74. The average Bonchev–Trinajstić information content (AvgIpc) is 2.89. The lowest BCUT2D eigenvalue weighted by atomic mass is 10.3. The van der Waals surface area contributed by atoms with Crippen LogP contribution in [0.25, 0.3) is 0 Å². The third-order valence-corrected chi connectivity index (χ3v) is 3.72. The fraction of sp³-hybridized carbons (Fsp3) is 0.267. The molecular formula is C15H15FN4OS. The quantitative estimate of drug-likeness (QED) is 0.579. The van der Waals surface area contributed by atoms with Crippen LogP contribution in [0.5, 0.6) is 5.75 Å². The van der Waals surface area contributed by atoms with Crippen LogP contribution in [-0.2, 0) is 13.2 Å². The standard InChI is InChI=1S/C15H15FN4OS/c1-3-8-20-14(18-19-15(20)22-11(2)9-17)10-21-13-6-4-12(16)5-7-13/h3-7,11H,1,8,10H2,2H3/t11-/m1/s1.